The normalized spacial score (nSPS) is 15.5. The van der Waals surface area contributed by atoms with Gasteiger partial charge in [-0.2, -0.15) is 18.3 Å². The molecule has 0 bridgehead atoms. The third-order valence-electron chi connectivity index (χ3n) is 7.11. The van der Waals surface area contributed by atoms with Gasteiger partial charge >= 0.3 is 0 Å². The van der Waals surface area contributed by atoms with E-state index >= 15 is 0 Å². The first-order chi connectivity index (χ1) is 19.2. The largest absolute Gasteiger partial charge is 0.364 e. The zero-order valence-corrected chi connectivity index (χ0v) is 24.0. The van der Waals surface area contributed by atoms with Crippen molar-refractivity contribution in [2.75, 3.05) is 11.4 Å². The van der Waals surface area contributed by atoms with Crippen LogP contribution in [0.5, 0.6) is 0 Å². The summed E-state index contributed by atoms with van der Waals surface area (Å²) in [5, 5.41) is 9.95. The molecule has 0 radical (unpaired) electrons. The molecule has 0 saturated heterocycles. The minimum atomic E-state index is -4.05. The minimum Gasteiger partial charge on any atom is -0.364 e. The van der Waals surface area contributed by atoms with Gasteiger partial charge in [0.2, 0.25) is 0 Å². The second-order valence-corrected chi connectivity index (χ2v) is 12.6. The monoisotopic (exact) mass is 593 g/mol. The van der Waals surface area contributed by atoms with Gasteiger partial charge in [0.05, 0.1) is 48.3 Å². The number of rotatable bonds is 7. The maximum atomic E-state index is 14.2. The van der Waals surface area contributed by atoms with Crippen LogP contribution in [0.3, 0.4) is 0 Å². The Morgan fingerprint density at radius 1 is 1.18 bits per heavy atom. The summed E-state index contributed by atoms with van der Waals surface area (Å²) in [5.41, 5.74) is 5.28. The Morgan fingerprint density at radius 2 is 1.98 bits per heavy atom. The molecule has 1 aliphatic heterocycles. The standard InChI is InChI=1S/C26H24ClN9O2S2/c1-33-14-26(30-16-33)40(37,38)36(11-19-7-23-24(8-22(19)27)32-39-31-23)20-6-18-5-17(9-28)3-4-25(18)35(12-20)13-21-10-29-15-34(21)2/h3-5,7-8,10,14-16,20H,6,11-13H2,1-2H3. The van der Waals surface area contributed by atoms with Crippen molar-refractivity contribution in [1.29, 1.82) is 5.26 Å². The summed E-state index contributed by atoms with van der Waals surface area (Å²) in [7, 11) is -0.395. The van der Waals surface area contributed by atoms with Crippen LogP contribution in [0.2, 0.25) is 5.02 Å². The lowest BCUT2D eigenvalue weighted by Gasteiger charge is -2.40. The van der Waals surface area contributed by atoms with E-state index in [1.54, 1.807) is 42.3 Å². The van der Waals surface area contributed by atoms with Crippen LogP contribution in [-0.2, 0) is 43.6 Å². The van der Waals surface area contributed by atoms with Gasteiger partial charge in [-0.3, -0.25) is 0 Å². The molecule has 1 aliphatic rings. The first kappa shape index (κ1) is 26.4. The molecule has 0 spiro atoms. The number of halogens is 1. The van der Waals surface area contributed by atoms with Crippen molar-refractivity contribution in [2.45, 2.75) is 30.6 Å². The van der Waals surface area contributed by atoms with Gasteiger partial charge in [-0.15, -0.1) is 0 Å². The predicted molar refractivity (Wildman–Crippen MR) is 151 cm³/mol. The van der Waals surface area contributed by atoms with Crippen molar-refractivity contribution in [3.63, 3.8) is 0 Å². The number of nitrogens with zero attached hydrogens (tertiary/aromatic N) is 9. The molecule has 4 heterocycles. The number of imidazole rings is 2. The van der Waals surface area contributed by atoms with E-state index in [0.717, 1.165) is 28.7 Å². The number of fused-ring (bicyclic) bond motifs is 2. The SMILES string of the molecule is Cn1cnc(S(=O)(=O)N(Cc2cc3nsnc3cc2Cl)C2Cc3cc(C#N)ccc3N(Cc3cncn3C)C2)c1. The number of aryl methyl sites for hydroxylation is 2. The third-order valence-corrected chi connectivity index (χ3v) is 9.81. The van der Waals surface area contributed by atoms with Gasteiger partial charge in [0.15, 0.2) is 5.03 Å². The van der Waals surface area contributed by atoms with E-state index < -0.39 is 16.1 Å². The molecule has 1 atom stereocenters. The highest BCUT2D eigenvalue weighted by atomic mass is 35.5. The smallest absolute Gasteiger partial charge is 0.262 e. The summed E-state index contributed by atoms with van der Waals surface area (Å²) in [4.78, 5) is 10.6. The summed E-state index contributed by atoms with van der Waals surface area (Å²) in [6, 6.07) is 10.8. The molecule has 0 saturated carbocycles. The van der Waals surface area contributed by atoms with E-state index in [4.69, 9.17) is 11.6 Å². The quantitative estimate of drug-likeness (QED) is 0.281. The topological polar surface area (TPSA) is 126 Å². The van der Waals surface area contributed by atoms with Gasteiger partial charge in [0.25, 0.3) is 10.0 Å². The molecule has 0 fully saturated rings. The number of nitriles is 1. The van der Waals surface area contributed by atoms with E-state index in [2.05, 4.69) is 29.7 Å². The number of aromatic nitrogens is 6. The highest BCUT2D eigenvalue weighted by Crippen LogP contribution is 2.35. The zero-order valence-electron chi connectivity index (χ0n) is 21.6. The van der Waals surface area contributed by atoms with Crippen LogP contribution in [0.25, 0.3) is 11.0 Å². The molecule has 0 N–H and O–H groups in total. The molecule has 6 rings (SSSR count). The molecule has 0 aliphatic carbocycles. The Hall–Kier alpha value is -3.83. The number of anilines is 1. The zero-order chi connectivity index (χ0) is 28.0. The predicted octanol–water partition coefficient (Wildman–Crippen LogP) is 3.51. The second kappa shape index (κ2) is 10.3. The van der Waals surface area contributed by atoms with Crippen LogP contribution < -0.4 is 4.90 Å². The lowest BCUT2D eigenvalue weighted by Crippen LogP contribution is -2.50. The Balaban J connectivity index is 1.45. The third kappa shape index (κ3) is 4.84. The molecule has 5 aromatic rings. The number of benzene rings is 2. The van der Waals surface area contributed by atoms with Crippen LogP contribution in [-0.4, -0.2) is 53.2 Å². The maximum Gasteiger partial charge on any atom is 0.262 e. The number of hydrogen-bond donors (Lipinski definition) is 0. The van der Waals surface area contributed by atoms with Crippen LogP contribution in [0, 0.1) is 11.3 Å². The van der Waals surface area contributed by atoms with Gasteiger partial charge in [-0.05, 0) is 47.9 Å². The lowest BCUT2D eigenvalue weighted by atomic mass is 9.95. The molecule has 14 heteroatoms. The summed E-state index contributed by atoms with van der Waals surface area (Å²) in [5.74, 6) is 0. The first-order valence-electron chi connectivity index (χ1n) is 12.4. The Kier molecular flexibility index (Phi) is 6.79. The van der Waals surface area contributed by atoms with Crippen molar-refractivity contribution in [3.05, 3.63) is 82.8 Å². The summed E-state index contributed by atoms with van der Waals surface area (Å²) in [6.07, 6.45) is 6.91. The maximum absolute atomic E-state index is 14.2. The Labute approximate surface area is 240 Å². The van der Waals surface area contributed by atoms with E-state index in [9.17, 15) is 13.7 Å². The Morgan fingerprint density at radius 3 is 2.67 bits per heavy atom. The van der Waals surface area contributed by atoms with Gasteiger partial charge in [-0.1, -0.05) is 11.6 Å². The number of sulfonamides is 1. The molecule has 11 nitrogen and oxygen atoms in total. The fraction of sp³-hybridized carbons (Fsp3) is 0.269. The van der Waals surface area contributed by atoms with Crippen LogP contribution in [0.15, 0.2) is 60.4 Å². The highest BCUT2D eigenvalue weighted by Gasteiger charge is 2.38. The van der Waals surface area contributed by atoms with E-state index in [1.807, 2.05) is 23.7 Å². The van der Waals surface area contributed by atoms with Crippen molar-refractivity contribution in [2.24, 2.45) is 14.1 Å². The van der Waals surface area contributed by atoms with Gasteiger partial charge in [-0.25, -0.2) is 18.4 Å². The molecular formula is C26H24ClN9O2S2. The van der Waals surface area contributed by atoms with Gasteiger partial charge in [0.1, 0.15) is 11.0 Å². The molecule has 3 aromatic heterocycles. The summed E-state index contributed by atoms with van der Waals surface area (Å²) in [6.45, 7) is 0.942. The van der Waals surface area contributed by atoms with Crippen molar-refractivity contribution in [1.82, 2.24) is 32.2 Å². The molecule has 0 amide bonds. The fourth-order valence-corrected chi connectivity index (χ4v) is 7.35. The second-order valence-electron chi connectivity index (χ2n) is 9.81. The number of hydrogen-bond acceptors (Lipinski definition) is 9. The average molecular weight is 594 g/mol. The minimum absolute atomic E-state index is 0.0166. The molecular weight excluding hydrogens is 570 g/mol. The molecule has 40 heavy (non-hydrogen) atoms. The van der Waals surface area contributed by atoms with Crippen LogP contribution in [0.4, 0.5) is 5.69 Å². The van der Waals surface area contributed by atoms with E-state index in [-0.39, 0.29) is 11.6 Å². The van der Waals surface area contributed by atoms with Gasteiger partial charge < -0.3 is 14.0 Å². The molecule has 1 unspecified atom stereocenters. The van der Waals surface area contributed by atoms with Crippen molar-refractivity contribution in [3.8, 4) is 6.07 Å². The average Bonchev–Trinajstić information content (AvgIpc) is 3.68. The van der Waals surface area contributed by atoms with E-state index in [1.165, 1.54) is 16.8 Å². The van der Waals surface area contributed by atoms with Crippen molar-refractivity contribution >= 4 is 50.1 Å². The van der Waals surface area contributed by atoms with Crippen LogP contribution in [0.1, 0.15) is 22.4 Å². The molecule has 204 valence electrons. The highest BCUT2D eigenvalue weighted by molar-refractivity contribution is 7.89. The van der Waals surface area contributed by atoms with Crippen LogP contribution >= 0.6 is 23.3 Å². The van der Waals surface area contributed by atoms with E-state index in [0.29, 0.717) is 46.7 Å². The van der Waals surface area contributed by atoms with Gasteiger partial charge in [0, 0.05) is 56.3 Å². The van der Waals surface area contributed by atoms with Crippen molar-refractivity contribution < 1.29 is 8.42 Å². The Bertz CT molecular complexity index is 1870. The fourth-order valence-electron chi connectivity index (χ4n) is 5.06. The molecule has 2 aromatic carbocycles. The lowest BCUT2D eigenvalue weighted by molar-refractivity contribution is 0.301. The first-order valence-corrected chi connectivity index (χ1v) is 14.9. The summed E-state index contributed by atoms with van der Waals surface area (Å²) < 4.78 is 41.9. The summed E-state index contributed by atoms with van der Waals surface area (Å²) >= 11 is 7.72.